The van der Waals surface area contributed by atoms with E-state index >= 15 is 0 Å². The van der Waals surface area contributed by atoms with Gasteiger partial charge in [-0.2, -0.15) is 0 Å². The highest BCUT2D eigenvalue weighted by molar-refractivity contribution is 5.94. The molecule has 25 heavy (non-hydrogen) atoms. The number of hydrogen-bond acceptors (Lipinski definition) is 3. The number of carbonyl (C=O) groups is 1. The average Bonchev–Trinajstić information content (AvgIpc) is 3.05. The molecule has 2 heterocycles. The Kier molecular flexibility index (Phi) is 5.34. The normalized spacial score (nSPS) is 17.0. The Balaban J connectivity index is 1.86. The summed E-state index contributed by atoms with van der Waals surface area (Å²) in [4.78, 5) is 27.6. The lowest BCUT2D eigenvalue weighted by Crippen LogP contribution is -2.43. The van der Waals surface area contributed by atoms with Gasteiger partial charge in [-0.15, -0.1) is 0 Å². The number of nitrogens with zero attached hydrogens (tertiary/aromatic N) is 2. The van der Waals surface area contributed by atoms with Gasteiger partial charge in [0.25, 0.3) is 11.5 Å². The Morgan fingerprint density at radius 3 is 2.88 bits per heavy atom. The number of pyridine rings is 1. The number of rotatable bonds is 5. The van der Waals surface area contributed by atoms with Gasteiger partial charge < -0.3 is 14.8 Å². The molecule has 2 aromatic rings. The topological polar surface area (TPSA) is 54.3 Å². The van der Waals surface area contributed by atoms with E-state index < -0.39 is 0 Å². The van der Waals surface area contributed by atoms with Gasteiger partial charge in [0.15, 0.2) is 0 Å². The first-order valence-corrected chi connectivity index (χ1v) is 8.80. The van der Waals surface area contributed by atoms with Gasteiger partial charge in [-0.05, 0) is 44.5 Å². The largest absolute Gasteiger partial charge is 0.334 e. The highest BCUT2D eigenvalue weighted by atomic mass is 16.2. The minimum absolute atomic E-state index is 0.152. The van der Waals surface area contributed by atoms with Crippen molar-refractivity contribution in [1.82, 2.24) is 14.8 Å². The van der Waals surface area contributed by atoms with Crippen LogP contribution in [-0.2, 0) is 6.54 Å². The van der Waals surface area contributed by atoms with Gasteiger partial charge in [0.1, 0.15) is 5.56 Å². The number of hydrogen-bond donors (Lipinski definition) is 1. The van der Waals surface area contributed by atoms with Crippen molar-refractivity contribution in [2.75, 3.05) is 20.1 Å². The number of aryl methyl sites for hydroxylation is 1. The second-order valence-electron chi connectivity index (χ2n) is 6.70. The molecular formula is C20H25N3O2. The molecule has 0 spiro atoms. The fourth-order valence-corrected chi connectivity index (χ4v) is 3.54. The van der Waals surface area contributed by atoms with Crippen LogP contribution in [0, 0.1) is 6.92 Å². The first-order valence-electron chi connectivity index (χ1n) is 8.80. The molecule has 1 aromatic carbocycles. The molecule has 1 N–H and O–H groups in total. The summed E-state index contributed by atoms with van der Waals surface area (Å²) in [7, 11) is 1.89. The van der Waals surface area contributed by atoms with Crippen molar-refractivity contribution in [2.24, 2.45) is 0 Å². The van der Waals surface area contributed by atoms with Crippen LogP contribution in [0.5, 0.6) is 0 Å². The molecule has 5 heteroatoms. The molecule has 0 saturated carbocycles. The first kappa shape index (κ1) is 17.4. The molecule has 1 saturated heterocycles. The van der Waals surface area contributed by atoms with Gasteiger partial charge in [-0.3, -0.25) is 9.59 Å². The minimum Gasteiger partial charge on any atom is -0.334 e. The van der Waals surface area contributed by atoms with E-state index in [4.69, 9.17) is 0 Å². The molecule has 1 aromatic heterocycles. The Bertz CT molecular complexity index is 813. The highest BCUT2D eigenvalue weighted by Crippen LogP contribution is 2.18. The molecule has 1 aliphatic heterocycles. The summed E-state index contributed by atoms with van der Waals surface area (Å²) in [6, 6.07) is 11.7. The van der Waals surface area contributed by atoms with E-state index in [0.717, 1.165) is 37.1 Å². The zero-order valence-electron chi connectivity index (χ0n) is 14.9. The van der Waals surface area contributed by atoms with Crippen molar-refractivity contribution < 1.29 is 4.79 Å². The predicted octanol–water partition coefficient (Wildman–Crippen LogP) is 2.03. The van der Waals surface area contributed by atoms with Gasteiger partial charge >= 0.3 is 0 Å². The van der Waals surface area contributed by atoms with E-state index in [1.54, 1.807) is 22.9 Å². The molecule has 1 fully saturated rings. The molecule has 0 aliphatic carbocycles. The lowest BCUT2D eigenvalue weighted by Gasteiger charge is -2.24. The molecule has 132 valence electrons. The molecule has 5 nitrogen and oxygen atoms in total. The van der Waals surface area contributed by atoms with E-state index in [2.05, 4.69) is 11.4 Å². The Morgan fingerprint density at radius 2 is 2.12 bits per heavy atom. The van der Waals surface area contributed by atoms with Crippen molar-refractivity contribution in [3.63, 3.8) is 0 Å². The summed E-state index contributed by atoms with van der Waals surface area (Å²) < 4.78 is 1.62. The third-order valence-corrected chi connectivity index (χ3v) is 4.76. The minimum atomic E-state index is -0.218. The van der Waals surface area contributed by atoms with Crippen molar-refractivity contribution in [3.05, 3.63) is 69.6 Å². The maximum atomic E-state index is 12.9. The van der Waals surface area contributed by atoms with Crippen LogP contribution < -0.4 is 10.9 Å². The average molecular weight is 339 g/mol. The molecule has 3 rings (SSSR count). The number of likely N-dealkylation sites (tertiary alicyclic amines) is 1. The molecule has 0 radical (unpaired) electrons. The molecule has 1 amide bonds. The number of likely N-dealkylation sites (N-methyl/N-ethyl adjacent to an activating group) is 1. The third kappa shape index (κ3) is 3.82. The monoisotopic (exact) mass is 339 g/mol. The van der Waals surface area contributed by atoms with Gasteiger partial charge in [-0.1, -0.05) is 29.8 Å². The predicted molar refractivity (Wildman–Crippen MR) is 99.0 cm³/mol. The first-order chi connectivity index (χ1) is 12.1. The van der Waals surface area contributed by atoms with Gasteiger partial charge in [0, 0.05) is 25.3 Å². The van der Waals surface area contributed by atoms with Crippen LogP contribution >= 0.6 is 0 Å². The Morgan fingerprint density at radius 1 is 1.28 bits per heavy atom. The Labute approximate surface area is 148 Å². The quantitative estimate of drug-likeness (QED) is 0.907. The fraction of sp³-hybridized carbons (Fsp3) is 0.400. The van der Waals surface area contributed by atoms with Crippen molar-refractivity contribution >= 4 is 5.91 Å². The molecule has 0 unspecified atom stereocenters. The van der Waals surface area contributed by atoms with E-state index in [9.17, 15) is 9.59 Å². The van der Waals surface area contributed by atoms with E-state index in [0.29, 0.717) is 6.54 Å². The highest BCUT2D eigenvalue weighted by Gasteiger charge is 2.30. The zero-order valence-corrected chi connectivity index (χ0v) is 14.9. The lowest BCUT2D eigenvalue weighted by atomic mass is 10.1. The summed E-state index contributed by atoms with van der Waals surface area (Å²) in [5.74, 6) is -0.152. The zero-order chi connectivity index (χ0) is 17.8. The number of amides is 1. The standard InChI is InChI=1S/C20H25N3O2/c1-15-6-3-7-16(12-15)14-22-10-5-9-18(19(22)24)20(25)23-11-4-8-17(23)13-21-2/h3,5-7,9-10,12,17,21H,4,8,11,13-14H2,1-2H3/t17-/m1/s1. The van der Waals surface area contributed by atoms with Crippen LogP contribution in [-0.4, -0.2) is 41.6 Å². The Hall–Kier alpha value is -2.40. The maximum Gasteiger partial charge on any atom is 0.263 e. The number of aromatic nitrogens is 1. The van der Waals surface area contributed by atoms with Crippen LogP contribution in [0.2, 0.25) is 0 Å². The molecule has 0 bridgehead atoms. The third-order valence-electron chi connectivity index (χ3n) is 4.76. The lowest BCUT2D eigenvalue weighted by molar-refractivity contribution is 0.0734. The number of nitrogens with one attached hydrogen (secondary N) is 1. The van der Waals surface area contributed by atoms with E-state index in [-0.39, 0.29) is 23.1 Å². The van der Waals surface area contributed by atoms with E-state index in [1.807, 2.05) is 37.1 Å². The number of carbonyl (C=O) groups excluding carboxylic acids is 1. The summed E-state index contributed by atoms with van der Waals surface area (Å²) in [5, 5.41) is 3.13. The van der Waals surface area contributed by atoms with E-state index in [1.165, 1.54) is 0 Å². The van der Waals surface area contributed by atoms with Crippen LogP contribution in [0.4, 0.5) is 0 Å². The van der Waals surface area contributed by atoms with Gasteiger partial charge in [0.2, 0.25) is 0 Å². The summed E-state index contributed by atoms with van der Waals surface area (Å²) in [5.41, 5.74) is 2.26. The van der Waals surface area contributed by atoms with Crippen LogP contribution in [0.25, 0.3) is 0 Å². The second-order valence-corrected chi connectivity index (χ2v) is 6.70. The van der Waals surface area contributed by atoms with Crippen molar-refractivity contribution in [1.29, 1.82) is 0 Å². The summed E-state index contributed by atoms with van der Waals surface area (Å²) in [6.07, 6.45) is 3.72. The maximum absolute atomic E-state index is 12.9. The van der Waals surface area contributed by atoms with Crippen LogP contribution in [0.1, 0.15) is 34.3 Å². The molecule has 1 aliphatic rings. The molecular weight excluding hydrogens is 314 g/mol. The van der Waals surface area contributed by atoms with Gasteiger partial charge in [0.05, 0.1) is 6.54 Å². The van der Waals surface area contributed by atoms with Crippen molar-refractivity contribution in [2.45, 2.75) is 32.4 Å². The SMILES string of the molecule is CNC[C@H]1CCCN1C(=O)c1cccn(Cc2cccc(C)c2)c1=O. The summed E-state index contributed by atoms with van der Waals surface area (Å²) >= 11 is 0. The molecule has 1 atom stereocenters. The smallest absolute Gasteiger partial charge is 0.263 e. The fourth-order valence-electron chi connectivity index (χ4n) is 3.54. The second kappa shape index (κ2) is 7.66. The van der Waals surface area contributed by atoms with Crippen molar-refractivity contribution in [3.8, 4) is 0 Å². The van der Waals surface area contributed by atoms with Crippen LogP contribution in [0.15, 0.2) is 47.4 Å². The van der Waals surface area contributed by atoms with Crippen LogP contribution in [0.3, 0.4) is 0 Å². The summed E-state index contributed by atoms with van der Waals surface area (Å²) in [6.45, 7) is 3.98. The number of benzene rings is 1. The van der Waals surface area contributed by atoms with Gasteiger partial charge in [-0.25, -0.2) is 0 Å².